The molecule has 4 rings (SSSR count). The quantitative estimate of drug-likeness (QED) is 0.704. The maximum atomic E-state index is 13.2. The van der Waals surface area contributed by atoms with Crippen molar-refractivity contribution in [1.82, 2.24) is 15.8 Å². The van der Waals surface area contributed by atoms with Crippen molar-refractivity contribution < 1.29 is 28.2 Å². The number of likely N-dealkylation sites (tertiary alicyclic amines) is 1. The van der Waals surface area contributed by atoms with Crippen molar-refractivity contribution in [3.8, 4) is 5.75 Å². The fraction of sp³-hybridized carbons (Fsp3) is 0.579. The van der Waals surface area contributed by atoms with E-state index in [1.165, 1.54) is 12.1 Å². The zero-order valence-electron chi connectivity index (χ0n) is 15.2. The minimum Gasteiger partial charge on any atom is -0.481 e. The molecule has 1 saturated carbocycles. The fourth-order valence-electron chi connectivity index (χ4n) is 4.97. The number of ether oxygens (including phenoxy) is 1. The minimum absolute atomic E-state index is 0.00232. The van der Waals surface area contributed by atoms with Gasteiger partial charge in [0.25, 0.3) is 0 Å². The molecule has 4 atom stereocenters. The smallest absolute Gasteiger partial charge is 0.387 e. The molecule has 7 nitrogen and oxygen atoms in total. The number of hydrazine groups is 1. The molecule has 1 amide bonds. The second-order valence-electron chi connectivity index (χ2n) is 7.83. The largest absolute Gasteiger partial charge is 0.481 e. The fourth-order valence-corrected chi connectivity index (χ4v) is 4.97. The van der Waals surface area contributed by atoms with Gasteiger partial charge in [-0.15, -0.1) is 0 Å². The van der Waals surface area contributed by atoms with E-state index in [0.29, 0.717) is 25.1 Å². The van der Waals surface area contributed by atoms with Crippen LogP contribution in [-0.2, 0) is 9.59 Å². The van der Waals surface area contributed by atoms with Gasteiger partial charge in [0.2, 0.25) is 5.91 Å². The van der Waals surface area contributed by atoms with E-state index in [1.807, 2.05) is 0 Å². The van der Waals surface area contributed by atoms with Gasteiger partial charge in [-0.25, -0.2) is 5.43 Å². The van der Waals surface area contributed by atoms with Crippen LogP contribution in [0.25, 0.3) is 0 Å². The Labute approximate surface area is 161 Å². The van der Waals surface area contributed by atoms with Crippen LogP contribution >= 0.6 is 0 Å². The molecule has 152 valence electrons. The van der Waals surface area contributed by atoms with Crippen molar-refractivity contribution in [3.63, 3.8) is 0 Å². The predicted octanol–water partition coefficient (Wildman–Crippen LogP) is 1.77. The third-order valence-electron chi connectivity index (χ3n) is 6.35. The zero-order chi connectivity index (χ0) is 19.9. The van der Waals surface area contributed by atoms with Crippen molar-refractivity contribution in [3.05, 3.63) is 29.8 Å². The summed E-state index contributed by atoms with van der Waals surface area (Å²) in [5.74, 6) is -1.35. The van der Waals surface area contributed by atoms with E-state index in [2.05, 4.69) is 15.6 Å². The van der Waals surface area contributed by atoms with Gasteiger partial charge in [0.1, 0.15) is 5.75 Å². The normalized spacial score (nSPS) is 32.0. The number of carbonyl (C=O) groups excluding carboxylic acids is 1. The number of hydrogen-bond donors (Lipinski definition) is 3. The number of aliphatic carboxylic acids is 1. The van der Waals surface area contributed by atoms with Gasteiger partial charge >= 0.3 is 12.6 Å². The van der Waals surface area contributed by atoms with E-state index >= 15 is 0 Å². The average Bonchev–Trinajstić information content (AvgIpc) is 3.34. The molecule has 9 heteroatoms. The van der Waals surface area contributed by atoms with Crippen LogP contribution < -0.4 is 15.6 Å². The number of hydrogen-bond acceptors (Lipinski definition) is 5. The summed E-state index contributed by atoms with van der Waals surface area (Å²) in [5, 5.41) is 9.73. The van der Waals surface area contributed by atoms with Gasteiger partial charge in [-0.1, -0.05) is 18.6 Å². The third kappa shape index (κ3) is 3.22. The van der Waals surface area contributed by atoms with Gasteiger partial charge < -0.3 is 14.7 Å². The van der Waals surface area contributed by atoms with E-state index in [-0.39, 0.29) is 24.1 Å². The lowest BCUT2D eigenvalue weighted by atomic mass is 9.81. The van der Waals surface area contributed by atoms with Crippen molar-refractivity contribution in [2.24, 2.45) is 17.3 Å². The SMILES string of the molecule is O=C(C1CNNC1c1cccc(OC(F)F)c1)N1C[C@@H]2CCC[C@@]2(C(=O)O)C1. The van der Waals surface area contributed by atoms with Crippen LogP contribution in [0.2, 0.25) is 0 Å². The number of carbonyl (C=O) groups is 2. The Bertz CT molecular complexity index is 777. The van der Waals surface area contributed by atoms with E-state index in [9.17, 15) is 23.5 Å². The molecule has 2 saturated heterocycles. The second kappa shape index (κ2) is 7.29. The van der Waals surface area contributed by atoms with E-state index < -0.39 is 30.0 Å². The maximum absolute atomic E-state index is 13.2. The molecule has 2 aliphatic heterocycles. The van der Waals surface area contributed by atoms with Crippen molar-refractivity contribution in [2.45, 2.75) is 31.9 Å². The second-order valence-corrected chi connectivity index (χ2v) is 7.83. The van der Waals surface area contributed by atoms with Crippen LogP contribution in [0.4, 0.5) is 8.78 Å². The molecule has 0 spiro atoms. The summed E-state index contributed by atoms with van der Waals surface area (Å²) in [7, 11) is 0. The van der Waals surface area contributed by atoms with E-state index in [1.54, 1.807) is 17.0 Å². The number of fused-ring (bicyclic) bond motifs is 1. The molecular weight excluding hydrogens is 372 g/mol. The molecule has 2 heterocycles. The Balaban J connectivity index is 1.51. The van der Waals surface area contributed by atoms with E-state index in [0.717, 1.165) is 12.8 Å². The van der Waals surface area contributed by atoms with Gasteiger partial charge in [-0.3, -0.25) is 15.0 Å². The highest BCUT2D eigenvalue weighted by atomic mass is 19.3. The lowest BCUT2D eigenvalue weighted by Crippen LogP contribution is -2.41. The first-order valence-electron chi connectivity index (χ1n) is 9.46. The van der Waals surface area contributed by atoms with E-state index in [4.69, 9.17) is 0 Å². The van der Waals surface area contributed by atoms with Crippen LogP contribution in [0.15, 0.2) is 24.3 Å². The number of benzene rings is 1. The first-order valence-corrected chi connectivity index (χ1v) is 9.46. The van der Waals surface area contributed by atoms with Crippen LogP contribution in [0.5, 0.6) is 5.75 Å². The molecule has 28 heavy (non-hydrogen) atoms. The van der Waals surface area contributed by atoms with Crippen LogP contribution in [0.3, 0.4) is 0 Å². The number of carboxylic acid groups (broad SMARTS) is 1. The molecule has 1 aliphatic carbocycles. The van der Waals surface area contributed by atoms with Gasteiger partial charge in [-0.05, 0) is 36.5 Å². The van der Waals surface area contributed by atoms with Crippen molar-refractivity contribution in [2.75, 3.05) is 19.6 Å². The summed E-state index contributed by atoms with van der Waals surface area (Å²) in [6.07, 6.45) is 2.31. The van der Waals surface area contributed by atoms with Gasteiger partial charge in [0.05, 0.1) is 17.4 Å². The van der Waals surface area contributed by atoms with Crippen LogP contribution in [0.1, 0.15) is 30.9 Å². The Hall–Kier alpha value is -2.26. The van der Waals surface area contributed by atoms with Crippen LogP contribution in [0, 0.1) is 17.3 Å². The first kappa shape index (κ1) is 19.1. The standard InChI is InChI=1S/C19H23F2N3O4/c20-18(21)28-13-5-1-3-11(7-13)15-14(8-22-23-15)16(25)24-9-12-4-2-6-19(12,10-24)17(26)27/h1,3,5,7,12,14-15,18,22-23H,2,4,6,8-10H2,(H,26,27)/t12-,14?,15?,19+/m0/s1. The Morgan fingerprint density at radius 2 is 2.18 bits per heavy atom. The minimum atomic E-state index is -2.92. The molecule has 0 radical (unpaired) electrons. The molecule has 0 bridgehead atoms. The summed E-state index contributed by atoms with van der Waals surface area (Å²) in [5.41, 5.74) is 5.84. The Morgan fingerprint density at radius 3 is 2.89 bits per heavy atom. The summed E-state index contributed by atoms with van der Waals surface area (Å²) in [4.78, 5) is 26.7. The average molecular weight is 395 g/mol. The van der Waals surface area contributed by atoms with Gasteiger partial charge in [-0.2, -0.15) is 8.78 Å². The summed E-state index contributed by atoms with van der Waals surface area (Å²) in [6, 6.07) is 5.88. The molecule has 3 fully saturated rings. The maximum Gasteiger partial charge on any atom is 0.387 e. The number of carboxylic acids is 1. The highest BCUT2D eigenvalue weighted by molar-refractivity contribution is 5.84. The molecule has 3 aliphatic rings. The topological polar surface area (TPSA) is 90.9 Å². The summed E-state index contributed by atoms with van der Waals surface area (Å²) < 4.78 is 29.4. The summed E-state index contributed by atoms with van der Waals surface area (Å²) >= 11 is 0. The van der Waals surface area contributed by atoms with Crippen molar-refractivity contribution >= 4 is 11.9 Å². The molecule has 1 aromatic rings. The molecule has 1 aromatic carbocycles. The lowest BCUT2D eigenvalue weighted by molar-refractivity contribution is -0.149. The Morgan fingerprint density at radius 1 is 1.36 bits per heavy atom. The van der Waals surface area contributed by atoms with Gasteiger partial charge in [0.15, 0.2) is 0 Å². The number of nitrogens with zero attached hydrogens (tertiary/aromatic N) is 1. The Kier molecular flexibility index (Phi) is 4.96. The molecule has 0 aromatic heterocycles. The number of alkyl halides is 2. The zero-order valence-corrected chi connectivity index (χ0v) is 15.2. The molecular formula is C19H23F2N3O4. The predicted molar refractivity (Wildman–Crippen MR) is 94.4 cm³/mol. The lowest BCUT2D eigenvalue weighted by Gasteiger charge is -2.26. The van der Waals surface area contributed by atoms with Crippen molar-refractivity contribution in [1.29, 1.82) is 0 Å². The number of halogens is 2. The van der Waals surface area contributed by atoms with Gasteiger partial charge in [0, 0.05) is 19.6 Å². The highest BCUT2D eigenvalue weighted by Crippen LogP contribution is 2.49. The molecule has 3 N–H and O–H groups in total. The third-order valence-corrected chi connectivity index (χ3v) is 6.35. The van der Waals surface area contributed by atoms with Crippen LogP contribution in [-0.4, -0.2) is 48.1 Å². The number of rotatable bonds is 5. The first-order chi connectivity index (χ1) is 13.4. The number of amides is 1. The highest BCUT2D eigenvalue weighted by Gasteiger charge is 2.56. The summed E-state index contributed by atoms with van der Waals surface area (Å²) in [6.45, 7) is -1.84. The molecule has 2 unspecified atom stereocenters. The number of nitrogens with one attached hydrogen (secondary N) is 2. The monoisotopic (exact) mass is 395 g/mol.